The summed E-state index contributed by atoms with van der Waals surface area (Å²) in [6, 6.07) is 25.4. The van der Waals surface area contributed by atoms with Gasteiger partial charge in [-0.1, -0.05) is 54.1 Å². The highest BCUT2D eigenvalue weighted by Crippen LogP contribution is 2.43. The maximum atomic E-state index is 13.4. The van der Waals surface area contributed by atoms with Crippen LogP contribution in [-0.4, -0.2) is 34.7 Å². The van der Waals surface area contributed by atoms with Gasteiger partial charge < -0.3 is 9.64 Å². The number of hydrogen-bond acceptors (Lipinski definition) is 3. The van der Waals surface area contributed by atoms with Crippen LogP contribution in [0, 0.1) is 0 Å². The first kappa shape index (κ1) is 20.3. The smallest absolute Gasteiger partial charge is 0.273 e. The quantitative estimate of drug-likeness (QED) is 0.426. The Labute approximate surface area is 191 Å². The molecular weight excluding hydrogens is 422 g/mol. The molecule has 32 heavy (non-hydrogen) atoms. The van der Waals surface area contributed by atoms with Crippen LogP contribution < -0.4 is 4.74 Å². The third-order valence-electron chi connectivity index (χ3n) is 5.90. The van der Waals surface area contributed by atoms with Crippen molar-refractivity contribution in [1.82, 2.24) is 15.1 Å². The number of carbonyl (C=O) groups is 1. The van der Waals surface area contributed by atoms with Gasteiger partial charge in [0.1, 0.15) is 11.4 Å². The molecule has 1 aromatic heterocycles. The number of rotatable bonds is 6. The average molecular weight is 444 g/mol. The highest BCUT2D eigenvalue weighted by atomic mass is 35.5. The van der Waals surface area contributed by atoms with Crippen LogP contribution in [0.2, 0.25) is 5.02 Å². The molecule has 6 heteroatoms. The van der Waals surface area contributed by atoms with Crippen molar-refractivity contribution >= 4 is 17.5 Å². The molecule has 2 heterocycles. The van der Waals surface area contributed by atoms with Gasteiger partial charge in [0.25, 0.3) is 5.91 Å². The molecule has 5 rings (SSSR count). The molecule has 1 N–H and O–H groups in total. The molecule has 1 amide bonds. The van der Waals surface area contributed by atoms with Crippen LogP contribution in [0.4, 0.5) is 0 Å². The van der Waals surface area contributed by atoms with E-state index < -0.39 is 0 Å². The molecule has 1 aliphatic rings. The van der Waals surface area contributed by atoms with Crippen molar-refractivity contribution in [2.75, 3.05) is 13.7 Å². The van der Waals surface area contributed by atoms with Gasteiger partial charge in [-0.2, -0.15) is 5.10 Å². The van der Waals surface area contributed by atoms with E-state index in [-0.39, 0.29) is 11.9 Å². The molecule has 0 saturated heterocycles. The number of carbonyl (C=O) groups excluding carboxylic acids is 1. The van der Waals surface area contributed by atoms with E-state index in [0.29, 0.717) is 17.3 Å². The third-order valence-corrected chi connectivity index (χ3v) is 6.15. The summed E-state index contributed by atoms with van der Waals surface area (Å²) in [4.78, 5) is 15.3. The van der Waals surface area contributed by atoms with Gasteiger partial charge in [-0.3, -0.25) is 9.89 Å². The Hall–Kier alpha value is -3.57. The Kier molecular flexibility index (Phi) is 5.41. The number of nitrogens with one attached hydrogen (secondary N) is 1. The minimum absolute atomic E-state index is 0.0388. The normalized spacial score (nSPS) is 15.1. The van der Waals surface area contributed by atoms with E-state index in [1.54, 1.807) is 7.11 Å². The summed E-state index contributed by atoms with van der Waals surface area (Å²) in [6.07, 6.45) is 0.770. The molecule has 0 aliphatic carbocycles. The summed E-state index contributed by atoms with van der Waals surface area (Å²) >= 11 is 6.15. The number of aromatic nitrogens is 2. The van der Waals surface area contributed by atoms with E-state index in [2.05, 4.69) is 22.3 Å². The van der Waals surface area contributed by atoms with Crippen molar-refractivity contribution in [3.8, 4) is 17.0 Å². The van der Waals surface area contributed by atoms with E-state index in [1.807, 2.05) is 71.6 Å². The summed E-state index contributed by atoms with van der Waals surface area (Å²) in [5, 5.41) is 8.19. The van der Waals surface area contributed by atoms with Gasteiger partial charge in [-0.05, 0) is 53.9 Å². The fourth-order valence-corrected chi connectivity index (χ4v) is 4.41. The van der Waals surface area contributed by atoms with Crippen LogP contribution in [0.5, 0.6) is 5.75 Å². The predicted octanol–water partition coefficient (Wildman–Crippen LogP) is 5.53. The van der Waals surface area contributed by atoms with E-state index in [0.717, 1.165) is 34.6 Å². The second kappa shape index (κ2) is 8.52. The lowest BCUT2D eigenvalue weighted by atomic mass is 9.96. The van der Waals surface area contributed by atoms with E-state index in [9.17, 15) is 4.79 Å². The molecule has 3 aromatic carbocycles. The molecule has 4 aromatic rings. The average Bonchev–Trinajstić information content (AvgIpc) is 3.38. The second-order valence-electron chi connectivity index (χ2n) is 7.78. The zero-order chi connectivity index (χ0) is 22.1. The van der Waals surface area contributed by atoms with Crippen LogP contribution >= 0.6 is 11.6 Å². The fourth-order valence-electron chi connectivity index (χ4n) is 4.28. The first-order chi connectivity index (χ1) is 15.7. The number of H-pyrrole nitrogens is 1. The number of nitrogens with zero attached hydrogens (tertiary/aromatic N) is 2. The number of benzene rings is 3. The van der Waals surface area contributed by atoms with Gasteiger partial charge in [0, 0.05) is 22.7 Å². The van der Waals surface area contributed by atoms with Crippen molar-refractivity contribution in [3.05, 3.63) is 106 Å². The molecule has 160 valence electrons. The highest BCUT2D eigenvalue weighted by Gasteiger charge is 2.41. The monoisotopic (exact) mass is 443 g/mol. The number of halogens is 1. The molecule has 1 atom stereocenters. The molecule has 0 spiro atoms. The summed E-state index contributed by atoms with van der Waals surface area (Å²) in [6.45, 7) is 0.598. The Morgan fingerprint density at radius 1 is 1.00 bits per heavy atom. The first-order valence-electron chi connectivity index (χ1n) is 10.5. The van der Waals surface area contributed by atoms with E-state index in [4.69, 9.17) is 16.3 Å². The van der Waals surface area contributed by atoms with Crippen LogP contribution in [0.15, 0.2) is 78.9 Å². The Bertz CT molecular complexity index is 1230. The maximum Gasteiger partial charge on any atom is 0.273 e. The predicted molar refractivity (Wildman–Crippen MR) is 125 cm³/mol. The van der Waals surface area contributed by atoms with Crippen molar-refractivity contribution in [2.45, 2.75) is 12.5 Å². The van der Waals surface area contributed by atoms with Crippen molar-refractivity contribution in [2.24, 2.45) is 0 Å². The fraction of sp³-hybridized carbons (Fsp3) is 0.154. The molecule has 1 aliphatic heterocycles. The Balaban J connectivity index is 1.56. The second-order valence-corrected chi connectivity index (χ2v) is 8.21. The van der Waals surface area contributed by atoms with Crippen LogP contribution in [0.25, 0.3) is 11.3 Å². The van der Waals surface area contributed by atoms with Crippen LogP contribution in [0.3, 0.4) is 0 Å². The van der Waals surface area contributed by atoms with E-state index in [1.165, 1.54) is 5.56 Å². The summed E-state index contributed by atoms with van der Waals surface area (Å²) in [7, 11) is 1.64. The highest BCUT2D eigenvalue weighted by molar-refractivity contribution is 6.30. The van der Waals surface area contributed by atoms with Gasteiger partial charge in [-0.25, -0.2) is 0 Å². The van der Waals surface area contributed by atoms with Crippen molar-refractivity contribution in [3.63, 3.8) is 0 Å². The number of amides is 1. The van der Waals surface area contributed by atoms with Crippen LogP contribution in [-0.2, 0) is 6.42 Å². The number of hydrogen-bond donors (Lipinski definition) is 1. The zero-order valence-corrected chi connectivity index (χ0v) is 18.3. The minimum atomic E-state index is -0.241. The number of ether oxygens (including phenoxy) is 1. The molecule has 5 nitrogen and oxygen atoms in total. The maximum absolute atomic E-state index is 13.4. The van der Waals surface area contributed by atoms with Gasteiger partial charge in [0.2, 0.25) is 0 Å². The van der Waals surface area contributed by atoms with Crippen LogP contribution in [0.1, 0.15) is 33.2 Å². The summed E-state index contributed by atoms with van der Waals surface area (Å²) < 4.78 is 5.29. The standard InChI is InChI=1S/C26H22ClN3O2/c1-32-21-13-9-18(10-14-21)23-22-24(29-28-23)26(31)30(16-15-17-5-3-2-4-6-17)25(22)19-7-11-20(27)12-8-19/h2-14,25H,15-16H2,1H3,(H,28,29). The first-order valence-corrected chi connectivity index (χ1v) is 10.9. The van der Waals surface area contributed by atoms with E-state index >= 15 is 0 Å². The van der Waals surface area contributed by atoms with Gasteiger partial charge >= 0.3 is 0 Å². The lowest BCUT2D eigenvalue weighted by Crippen LogP contribution is -2.31. The van der Waals surface area contributed by atoms with Crippen molar-refractivity contribution < 1.29 is 9.53 Å². The minimum Gasteiger partial charge on any atom is -0.497 e. The largest absolute Gasteiger partial charge is 0.497 e. The molecular formula is C26H22ClN3O2. The topological polar surface area (TPSA) is 58.2 Å². The number of aromatic amines is 1. The molecule has 0 radical (unpaired) electrons. The molecule has 0 fully saturated rings. The summed E-state index contributed by atoms with van der Waals surface area (Å²) in [5.74, 6) is 0.735. The Morgan fingerprint density at radius 3 is 2.41 bits per heavy atom. The third kappa shape index (κ3) is 3.65. The number of fused-ring (bicyclic) bond motifs is 1. The lowest BCUT2D eigenvalue weighted by Gasteiger charge is -2.26. The lowest BCUT2D eigenvalue weighted by molar-refractivity contribution is 0.0746. The Morgan fingerprint density at radius 2 is 1.72 bits per heavy atom. The van der Waals surface area contributed by atoms with Gasteiger partial charge in [-0.15, -0.1) is 0 Å². The molecule has 1 unspecified atom stereocenters. The van der Waals surface area contributed by atoms with Gasteiger partial charge in [0.05, 0.1) is 18.8 Å². The zero-order valence-electron chi connectivity index (χ0n) is 17.6. The van der Waals surface area contributed by atoms with Gasteiger partial charge in [0.15, 0.2) is 0 Å². The van der Waals surface area contributed by atoms with Crippen molar-refractivity contribution in [1.29, 1.82) is 0 Å². The number of methoxy groups -OCH3 is 1. The molecule has 0 saturated carbocycles. The molecule has 0 bridgehead atoms. The summed E-state index contributed by atoms with van der Waals surface area (Å²) in [5.41, 5.74) is 5.35. The SMILES string of the molecule is COc1ccc(-c2n[nH]c3c2C(c2ccc(Cl)cc2)N(CCc2ccccc2)C3=O)cc1.